The summed E-state index contributed by atoms with van der Waals surface area (Å²) < 4.78 is 8.86. The van der Waals surface area contributed by atoms with Gasteiger partial charge in [0.15, 0.2) is 0 Å². The second kappa shape index (κ2) is 32.0. The molecule has 0 saturated heterocycles. The van der Waals surface area contributed by atoms with Crippen LogP contribution in [-0.4, -0.2) is 0 Å². The Balaban J connectivity index is 0.000000108. The van der Waals surface area contributed by atoms with Gasteiger partial charge in [-0.15, -0.1) is 11.3 Å². The van der Waals surface area contributed by atoms with Crippen molar-refractivity contribution in [2.75, 3.05) is 14.7 Å². The molecule has 0 radical (unpaired) electrons. The Bertz CT molecular complexity index is 8920. The number of thiophene rings is 1. The second-order valence-corrected chi connectivity index (χ2v) is 42.4. The number of fused-ring (bicyclic) bond motifs is 27. The number of furan rings is 1. The average molecular weight is 1820 g/mol. The fourth-order valence-corrected chi connectivity index (χ4v) is 25.9. The maximum Gasteiger partial charge on any atom is 0.135 e. The number of benzene rings is 21. The summed E-state index contributed by atoms with van der Waals surface area (Å²) in [6.45, 7) is 23.7. The van der Waals surface area contributed by atoms with Crippen LogP contribution < -0.4 is 14.7 Å². The number of nitrogens with zero attached hydrogens (tertiary/aromatic N) is 3. The van der Waals surface area contributed by atoms with Crippen LogP contribution in [0.15, 0.2) is 447 Å². The predicted molar refractivity (Wildman–Crippen MR) is 595 cm³/mol. The van der Waals surface area contributed by atoms with Crippen molar-refractivity contribution in [1.29, 1.82) is 0 Å². The third-order valence-electron chi connectivity index (χ3n) is 31.8. The summed E-state index contributed by atoms with van der Waals surface area (Å²) in [7, 11) is 0. The van der Waals surface area contributed by atoms with Gasteiger partial charge in [0.1, 0.15) is 11.2 Å². The number of para-hydroxylation sites is 1. The Morgan fingerprint density at radius 3 is 0.936 bits per heavy atom. The highest BCUT2D eigenvalue weighted by Gasteiger charge is 2.44. The zero-order chi connectivity index (χ0) is 94.4. The molecule has 28 rings (SSSR count). The molecule has 5 aliphatic rings. The van der Waals surface area contributed by atoms with E-state index in [0.717, 1.165) is 50.4 Å². The largest absolute Gasteiger partial charge is 0.456 e. The second-order valence-electron chi connectivity index (χ2n) is 41.3. The van der Waals surface area contributed by atoms with Crippen LogP contribution in [0, 0.1) is 0 Å². The maximum atomic E-state index is 6.24. The Kier molecular flexibility index (Phi) is 19.3. The van der Waals surface area contributed by atoms with Crippen molar-refractivity contribution in [3.05, 3.63) is 498 Å². The van der Waals surface area contributed by atoms with E-state index in [-0.39, 0.29) is 27.1 Å². The molecule has 0 fully saturated rings. The minimum atomic E-state index is -0.0991. The Hall–Kier alpha value is -16.2. The van der Waals surface area contributed by atoms with Crippen molar-refractivity contribution in [3.63, 3.8) is 0 Å². The lowest BCUT2D eigenvalue weighted by atomic mass is 9.81. The van der Waals surface area contributed by atoms with E-state index in [0.29, 0.717) is 0 Å². The van der Waals surface area contributed by atoms with Crippen LogP contribution in [0.4, 0.5) is 51.2 Å². The van der Waals surface area contributed by atoms with Gasteiger partial charge >= 0.3 is 0 Å². The van der Waals surface area contributed by atoms with E-state index in [9.17, 15) is 0 Å². The highest BCUT2D eigenvalue weighted by atomic mass is 32.1. The van der Waals surface area contributed by atoms with Gasteiger partial charge < -0.3 is 19.1 Å². The molecule has 0 aliphatic heterocycles. The third-order valence-corrected chi connectivity index (χ3v) is 32.9. The zero-order valence-electron chi connectivity index (χ0n) is 80.3. The Morgan fingerprint density at radius 1 is 0.186 bits per heavy atom. The third kappa shape index (κ3) is 13.0. The van der Waals surface area contributed by atoms with Crippen molar-refractivity contribution < 1.29 is 4.42 Å². The quantitative estimate of drug-likeness (QED) is 0.129. The van der Waals surface area contributed by atoms with Crippen molar-refractivity contribution in [2.24, 2.45) is 0 Å². The number of rotatable bonds is 11. The van der Waals surface area contributed by atoms with Gasteiger partial charge in [0.05, 0.1) is 17.1 Å². The lowest BCUT2D eigenvalue weighted by Crippen LogP contribution is -2.18. The first kappa shape index (κ1) is 84.3. The molecule has 23 aromatic rings. The van der Waals surface area contributed by atoms with Crippen LogP contribution in [0.3, 0.4) is 0 Å². The standard InChI is InChI=1S/C49H41N.C43H31NO.C43H31NS/c1-47(2)40-20-12-9-17-37(40)46-41(47)27-22-30-14-13-21-44(45(30)46)50(31-23-25-35-33-15-7-10-18-38(33)48(3,4)42(35)28-31)32-24-26-36-34-16-8-11-19-39(34)49(5,6)43(36)29-32;1-43(2)36-16-8-6-15-34(36)42-37(43)25-21-30-13-10-17-38(41(30)42)44(31-22-19-29(20-23-31)28-11-4-3-5-12-28)32-24-26-40-35(27-32)33-14-7-9-18-39(33)45-40;1-43(2)36-16-8-6-15-35(36)42-37(43)26-21-30-13-10-17-38(41(30)42)44(31-22-19-29(20-23-31)28-11-4-3-5-12-28)32-24-25-34-33-14-7-9-18-39(33)45-40(34)27-32/h7-29H,1-6H3;2*3-27H,1-2H3. The molecule has 140 heavy (non-hydrogen) atoms. The molecule has 4 nitrogen and oxygen atoms in total. The molecule has 5 heteroatoms. The normalized spacial score (nSPS) is 14.4. The van der Waals surface area contributed by atoms with Gasteiger partial charge in [-0.2, -0.15) is 0 Å². The fraction of sp³-hybridized carbons (Fsp3) is 0.111. The average Bonchev–Trinajstić information content (AvgIpc) is 1.56. The van der Waals surface area contributed by atoms with Crippen molar-refractivity contribution in [3.8, 4) is 77.9 Å². The lowest BCUT2D eigenvalue weighted by molar-refractivity contribution is 0.660. The highest BCUT2D eigenvalue weighted by Crippen LogP contribution is 2.61. The van der Waals surface area contributed by atoms with Gasteiger partial charge in [0.25, 0.3) is 0 Å². The van der Waals surface area contributed by atoms with Gasteiger partial charge in [-0.3, -0.25) is 0 Å². The molecule has 0 atom stereocenters. The molecule has 0 N–H and O–H groups in total. The smallest absolute Gasteiger partial charge is 0.135 e. The van der Waals surface area contributed by atoms with E-state index >= 15 is 0 Å². The van der Waals surface area contributed by atoms with Crippen LogP contribution in [-0.2, 0) is 27.1 Å². The summed E-state index contributed by atoms with van der Waals surface area (Å²) in [6.07, 6.45) is 0. The zero-order valence-corrected chi connectivity index (χ0v) is 81.1. The molecule has 670 valence electrons. The molecule has 0 bridgehead atoms. The van der Waals surface area contributed by atoms with Crippen LogP contribution in [0.1, 0.15) is 125 Å². The van der Waals surface area contributed by atoms with Crippen LogP contribution >= 0.6 is 11.3 Å². The maximum absolute atomic E-state index is 6.24. The predicted octanol–water partition coefficient (Wildman–Crippen LogP) is 38.1. The highest BCUT2D eigenvalue weighted by molar-refractivity contribution is 7.25. The Morgan fingerprint density at radius 2 is 0.493 bits per heavy atom. The molecule has 2 heterocycles. The van der Waals surface area contributed by atoms with E-state index < -0.39 is 0 Å². The summed E-state index contributed by atoms with van der Waals surface area (Å²) in [6, 6.07) is 163. The minimum absolute atomic E-state index is 0.0641. The van der Waals surface area contributed by atoms with Crippen molar-refractivity contribution >= 4 is 137 Å². The number of hydrogen-bond donors (Lipinski definition) is 0. The van der Waals surface area contributed by atoms with Gasteiger partial charge in [0.2, 0.25) is 0 Å². The number of hydrogen-bond acceptors (Lipinski definition) is 5. The van der Waals surface area contributed by atoms with Gasteiger partial charge in [-0.05, 0) is 259 Å². The van der Waals surface area contributed by atoms with Crippen LogP contribution in [0.25, 0.3) is 152 Å². The molecule has 0 spiro atoms. The number of anilines is 9. The SMILES string of the molecule is CC1(C)c2ccccc2-c2c1ccc1cccc(N(c3ccc(-c4ccccc4)cc3)c3ccc4c(c3)sc3ccccc34)c21.CC1(C)c2ccccc2-c2c1ccc1cccc(N(c3ccc(-c4ccccc4)cc3)c3ccc4oc5ccccc5c4c3)c21.CC1(C)c2ccccc2-c2ccc(N(c3ccc4c(c3)C(C)(C)c3ccccc3-4)c3cccc4ccc5c(c34)-c3ccccc3C5(C)C)cc21. The summed E-state index contributed by atoms with van der Waals surface area (Å²) >= 11 is 1.87. The monoisotopic (exact) mass is 1810 g/mol. The molecule has 0 unspecified atom stereocenters. The van der Waals surface area contributed by atoms with Crippen LogP contribution in [0.2, 0.25) is 0 Å². The minimum Gasteiger partial charge on any atom is -0.456 e. The topological polar surface area (TPSA) is 22.9 Å². The van der Waals surface area contributed by atoms with Crippen molar-refractivity contribution in [2.45, 2.75) is 96.3 Å². The van der Waals surface area contributed by atoms with Gasteiger partial charge in [-0.1, -0.05) is 403 Å². The van der Waals surface area contributed by atoms with E-state index in [1.807, 2.05) is 23.5 Å². The van der Waals surface area contributed by atoms with E-state index in [1.54, 1.807) is 0 Å². The van der Waals surface area contributed by atoms with Crippen molar-refractivity contribution in [1.82, 2.24) is 0 Å². The molecular weight excluding hydrogens is 1710 g/mol. The summed E-state index contributed by atoms with van der Waals surface area (Å²) in [5, 5.41) is 12.5. The summed E-state index contributed by atoms with van der Waals surface area (Å²) in [4.78, 5) is 7.44. The molecule has 2 aromatic heterocycles. The summed E-state index contributed by atoms with van der Waals surface area (Å²) in [5.74, 6) is 0. The van der Waals surface area contributed by atoms with E-state index in [4.69, 9.17) is 4.42 Å². The Labute approximate surface area is 822 Å². The first-order chi connectivity index (χ1) is 68.2. The van der Waals surface area contributed by atoms with Crippen LogP contribution in [0.5, 0.6) is 0 Å². The van der Waals surface area contributed by atoms with E-state index in [2.05, 4.69) is 515 Å². The first-order valence-corrected chi connectivity index (χ1v) is 50.1. The lowest BCUT2D eigenvalue weighted by Gasteiger charge is -2.31. The van der Waals surface area contributed by atoms with Gasteiger partial charge in [-0.25, -0.2) is 0 Å². The molecule has 5 aliphatic carbocycles. The first-order valence-electron chi connectivity index (χ1n) is 49.3. The molecule has 21 aromatic carbocycles. The van der Waals surface area contributed by atoms with Gasteiger partial charge in [0, 0.05) is 108 Å². The molecular formula is C135H103N3OS. The molecule has 0 saturated carbocycles. The summed E-state index contributed by atoms with van der Waals surface area (Å²) in [5.41, 5.74) is 44.1. The fourth-order valence-electron chi connectivity index (χ4n) is 24.7. The van der Waals surface area contributed by atoms with E-state index in [1.165, 1.54) is 209 Å². The molecule has 0 amide bonds.